The van der Waals surface area contributed by atoms with Crippen molar-refractivity contribution in [3.05, 3.63) is 83.8 Å². The van der Waals surface area contributed by atoms with Crippen LogP contribution in [0.2, 0.25) is 0 Å². The lowest BCUT2D eigenvalue weighted by Gasteiger charge is -2.17. The predicted octanol–water partition coefficient (Wildman–Crippen LogP) is 4.84. The van der Waals surface area contributed by atoms with Crippen molar-refractivity contribution in [3.63, 3.8) is 0 Å². The Morgan fingerprint density at radius 2 is 1.52 bits per heavy atom. The van der Waals surface area contributed by atoms with Crippen LogP contribution >= 0.6 is 0 Å². The van der Waals surface area contributed by atoms with Gasteiger partial charge < -0.3 is 19.8 Å². The highest BCUT2D eigenvalue weighted by atomic mass is 16.5. The van der Waals surface area contributed by atoms with E-state index in [1.54, 1.807) is 30.3 Å². The SMILES string of the molecule is CC(C)c1ccccc1NC(=O)[C@H](C)OC(=O)c1ccccc1NC(=O)c1ccco1. The van der Waals surface area contributed by atoms with Gasteiger partial charge in [0.1, 0.15) is 0 Å². The van der Waals surface area contributed by atoms with Crippen molar-refractivity contribution < 1.29 is 23.5 Å². The molecule has 3 rings (SSSR count). The molecule has 7 nitrogen and oxygen atoms in total. The lowest BCUT2D eigenvalue weighted by molar-refractivity contribution is -0.123. The number of para-hydroxylation sites is 2. The van der Waals surface area contributed by atoms with E-state index in [4.69, 9.17) is 9.15 Å². The van der Waals surface area contributed by atoms with Crippen LogP contribution in [0.25, 0.3) is 0 Å². The molecule has 160 valence electrons. The Morgan fingerprint density at radius 3 is 2.19 bits per heavy atom. The zero-order chi connectivity index (χ0) is 22.4. The molecule has 0 saturated carbocycles. The maximum atomic E-state index is 12.7. The van der Waals surface area contributed by atoms with E-state index < -0.39 is 23.9 Å². The number of rotatable bonds is 7. The fourth-order valence-electron chi connectivity index (χ4n) is 2.99. The first-order valence-corrected chi connectivity index (χ1v) is 9.91. The molecule has 0 bridgehead atoms. The molecule has 2 amide bonds. The van der Waals surface area contributed by atoms with Gasteiger partial charge in [-0.1, -0.05) is 44.2 Å². The van der Waals surface area contributed by atoms with Crippen molar-refractivity contribution in [1.29, 1.82) is 0 Å². The molecule has 0 aliphatic carbocycles. The molecule has 1 heterocycles. The Balaban J connectivity index is 1.69. The topological polar surface area (TPSA) is 97.6 Å². The van der Waals surface area contributed by atoms with Crippen LogP contribution in [0.5, 0.6) is 0 Å². The second kappa shape index (κ2) is 9.75. The van der Waals surface area contributed by atoms with Gasteiger partial charge in [0.25, 0.3) is 11.8 Å². The molecular formula is C24H24N2O5. The smallest absolute Gasteiger partial charge is 0.341 e. The van der Waals surface area contributed by atoms with E-state index in [-0.39, 0.29) is 22.9 Å². The standard InChI is InChI=1S/C24H24N2O5/c1-15(2)17-9-4-6-11-19(17)25-22(27)16(3)31-24(29)18-10-5-7-12-20(18)26-23(28)21-13-8-14-30-21/h4-16H,1-3H3,(H,25,27)(H,26,28)/t16-/m0/s1. The van der Waals surface area contributed by atoms with E-state index >= 15 is 0 Å². The molecule has 31 heavy (non-hydrogen) atoms. The van der Waals surface area contributed by atoms with Gasteiger partial charge in [-0.05, 0) is 48.7 Å². The van der Waals surface area contributed by atoms with Crippen LogP contribution in [0.1, 0.15) is 53.2 Å². The summed E-state index contributed by atoms with van der Waals surface area (Å²) in [5.74, 6) is -1.34. The molecule has 0 spiro atoms. The highest BCUT2D eigenvalue weighted by Gasteiger charge is 2.23. The average Bonchev–Trinajstić information content (AvgIpc) is 3.29. The summed E-state index contributed by atoms with van der Waals surface area (Å²) in [4.78, 5) is 37.6. The highest BCUT2D eigenvalue weighted by molar-refractivity contribution is 6.07. The second-order valence-corrected chi connectivity index (χ2v) is 7.26. The number of carbonyl (C=O) groups is 3. The van der Waals surface area contributed by atoms with Crippen LogP contribution in [0.15, 0.2) is 71.3 Å². The molecular weight excluding hydrogens is 396 g/mol. The zero-order valence-corrected chi connectivity index (χ0v) is 17.5. The summed E-state index contributed by atoms with van der Waals surface area (Å²) in [5, 5.41) is 5.44. The van der Waals surface area contributed by atoms with E-state index in [0.717, 1.165) is 5.56 Å². The van der Waals surface area contributed by atoms with Crippen molar-refractivity contribution in [1.82, 2.24) is 0 Å². The molecule has 1 atom stereocenters. The molecule has 7 heteroatoms. The number of hydrogen-bond acceptors (Lipinski definition) is 5. The van der Waals surface area contributed by atoms with Crippen molar-refractivity contribution >= 4 is 29.2 Å². The van der Waals surface area contributed by atoms with Crippen molar-refractivity contribution in [2.75, 3.05) is 10.6 Å². The van der Waals surface area contributed by atoms with Crippen molar-refractivity contribution in [2.45, 2.75) is 32.8 Å². The van der Waals surface area contributed by atoms with Gasteiger partial charge in [0, 0.05) is 5.69 Å². The highest BCUT2D eigenvalue weighted by Crippen LogP contribution is 2.24. The van der Waals surface area contributed by atoms with Crippen molar-refractivity contribution in [3.8, 4) is 0 Å². The van der Waals surface area contributed by atoms with Gasteiger partial charge in [0.05, 0.1) is 17.5 Å². The summed E-state index contributed by atoms with van der Waals surface area (Å²) < 4.78 is 10.4. The summed E-state index contributed by atoms with van der Waals surface area (Å²) in [6.45, 7) is 5.56. The molecule has 0 aliphatic rings. The summed E-state index contributed by atoms with van der Waals surface area (Å²) in [5.41, 5.74) is 2.05. The van der Waals surface area contributed by atoms with Gasteiger partial charge in [-0.25, -0.2) is 4.79 Å². The third-order valence-corrected chi connectivity index (χ3v) is 4.63. The third kappa shape index (κ3) is 5.39. The molecule has 0 radical (unpaired) electrons. The predicted molar refractivity (Wildman–Crippen MR) is 117 cm³/mol. The van der Waals surface area contributed by atoms with E-state index in [0.29, 0.717) is 5.69 Å². The molecule has 1 aromatic heterocycles. The Kier molecular flexibility index (Phi) is 6.87. The van der Waals surface area contributed by atoms with Gasteiger partial charge in [-0.3, -0.25) is 9.59 Å². The molecule has 2 aromatic carbocycles. The van der Waals surface area contributed by atoms with Crippen LogP contribution in [-0.2, 0) is 9.53 Å². The molecule has 0 saturated heterocycles. The van der Waals surface area contributed by atoms with Crippen LogP contribution in [-0.4, -0.2) is 23.9 Å². The minimum atomic E-state index is -1.04. The van der Waals surface area contributed by atoms with E-state index in [1.165, 1.54) is 25.3 Å². The average molecular weight is 420 g/mol. The summed E-state index contributed by atoms with van der Waals surface area (Å²) in [7, 11) is 0. The molecule has 3 aromatic rings. The number of anilines is 2. The lowest BCUT2D eigenvalue weighted by Crippen LogP contribution is -2.30. The fourth-order valence-corrected chi connectivity index (χ4v) is 2.99. The Hall–Kier alpha value is -3.87. The number of esters is 1. The first-order chi connectivity index (χ1) is 14.9. The first-order valence-electron chi connectivity index (χ1n) is 9.91. The lowest BCUT2D eigenvalue weighted by atomic mass is 10.0. The van der Waals surface area contributed by atoms with Crippen LogP contribution in [0.4, 0.5) is 11.4 Å². The molecule has 0 aliphatic heterocycles. The monoisotopic (exact) mass is 420 g/mol. The van der Waals surface area contributed by atoms with Crippen LogP contribution in [0, 0.1) is 0 Å². The first kappa shape index (κ1) is 21.8. The Labute approximate surface area is 180 Å². The minimum Gasteiger partial charge on any atom is -0.459 e. The van der Waals surface area contributed by atoms with Gasteiger partial charge in [-0.2, -0.15) is 0 Å². The Bertz CT molecular complexity index is 1070. The van der Waals surface area contributed by atoms with Gasteiger partial charge in [0.2, 0.25) is 0 Å². The van der Waals surface area contributed by atoms with E-state index in [9.17, 15) is 14.4 Å². The Morgan fingerprint density at radius 1 is 0.839 bits per heavy atom. The maximum absolute atomic E-state index is 12.7. The number of benzene rings is 2. The summed E-state index contributed by atoms with van der Waals surface area (Å²) in [6.07, 6.45) is 0.342. The number of furan rings is 1. The number of amides is 2. The minimum absolute atomic E-state index is 0.111. The summed E-state index contributed by atoms with van der Waals surface area (Å²) >= 11 is 0. The van der Waals surface area contributed by atoms with Gasteiger partial charge in [-0.15, -0.1) is 0 Å². The van der Waals surface area contributed by atoms with E-state index in [2.05, 4.69) is 10.6 Å². The molecule has 0 fully saturated rings. The summed E-state index contributed by atoms with van der Waals surface area (Å²) in [6, 6.07) is 17.0. The third-order valence-electron chi connectivity index (χ3n) is 4.63. The number of ether oxygens (including phenoxy) is 1. The van der Waals surface area contributed by atoms with Gasteiger partial charge >= 0.3 is 5.97 Å². The molecule has 2 N–H and O–H groups in total. The second-order valence-electron chi connectivity index (χ2n) is 7.26. The van der Waals surface area contributed by atoms with Crippen molar-refractivity contribution in [2.24, 2.45) is 0 Å². The number of carbonyl (C=O) groups excluding carboxylic acids is 3. The quantitative estimate of drug-likeness (QED) is 0.533. The number of nitrogens with one attached hydrogen (secondary N) is 2. The van der Waals surface area contributed by atoms with Gasteiger partial charge in [0.15, 0.2) is 11.9 Å². The fraction of sp³-hybridized carbons (Fsp3) is 0.208. The van der Waals surface area contributed by atoms with Crippen LogP contribution < -0.4 is 10.6 Å². The van der Waals surface area contributed by atoms with Crippen LogP contribution in [0.3, 0.4) is 0 Å². The largest absolute Gasteiger partial charge is 0.459 e. The zero-order valence-electron chi connectivity index (χ0n) is 17.5. The number of hydrogen-bond donors (Lipinski definition) is 2. The maximum Gasteiger partial charge on any atom is 0.341 e. The molecule has 0 unspecified atom stereocenters. The normalized spacial score (nSPS) is 11.6. The van der Waals surface area contributed by atoms with E-state index in [1.807, 2.05) is 32.0 Å².